The fourth-order valence-corrected chi connectivity index (χ4v) is 2.04. The molecule has 4 heteroatoms. The number of hydrogen-bond acceptors (Lipinski definition) is 4. The molecule has 4 nitrogen and oxygen atoms in total. The summed E-state index contributed by atoms with van der Waals surface area (Å²) in [7, 11) is 0. The van der Waals surface area contributed by atoms with Gasteiger partial charge in [-0.1, -0.05) is 32.0 Å². The lowest BCUT2D eigenvalue weighted by Gasteiger charge is -2.10. The van der Waals surface area contributed by atoms with E-state index in [1.54, 1.807) is 0 Å². The third-order valence-corrected chi connectivity index (χ3v) is 3.05. The summed E-state index contributed by atoms with van der Waals surface area (Å²) in [6.45, 7) is 6.53. The van der Waals surface area contributed by atoms with Gasteiger partial charge in [-0.3, -0.25) is 0 Å². The van der Waals surface area contributed by atoms with Gasteiger partial charge < -0.3 is 10.1 Å². The monoisotopic (exact) mass is 283 g/mol. The largest absolute Gasteiger partial charge is 0.381 e. The minimum Gasteiger partial charge on any atom is -0.381 e. The van der Waals surface area contributed by atoms with E-state index >= 15 is 0 Å². The van der Waals surface area contributed by atoms with Crippen LogP contribution >= 0.6 is 0 Å². The Kier molecular flexibility index (Phi) is 5.53. The van der Waals surface area contributed by atoms with Crippen molar-refractivity contribution in [2.75, 3.05) is 25.1 Å². The van der Waals surface area contributed by atoms with Gasteiger partial charge in [-0.15, -0.1) is 0 Å². The summed E-state index contributed by atoms with van der Waals surface area (Å²) in [6, 6.07) is 11.9. The standard InChI is InChI=1S/C17H21N3O/c1-13(2)12-21-9-5-8-19-17-15(11-18)10-14-6-3-4-7-16(14)20-17/h3-4,6-7,10,13H,5,8-9,12H2,1-2H3,(H,19,20). The van der Waals surface area contributed by atoms with Gasteiger partial charge in [0.25, 0.3) is 0 Å². The van der Waals surface area contributed by atoms with Gasteiger partial charge in [-0.05, 0) is 24.5 Å². The van der Waals surface area contributed by atoms with Crippen LogP contribution in [-0.4, -0.2) is 24.7 Å². The van der Waals surface area contributed by atoms with Gasteiger partial charge in [0.2, 0.25) is 0 Å². The SMILES string of the molecule is CC(C)COCCCNc1nc2ccccc2cc1C#N. The second-order valence-corrected chi connectivity index (χ2v) is 5.44. The van der Waals surface area contributed by atoms with Crippen molar-refractivity contribution in [3.63, 3.8) is 0 Å². The zero-order chi connectivity index (χ0) is 15.1. The van der Waals surface area contributed by atoms with Crippen molar-refractivity contribution in [3.8, 4) is 6.07 Å². The molecule has 1 aromatic heterocycles. The number of nitrogens with zero attached hydrogens (tertiary/aromatic N) is 2. The summed E-state index contributed by atoms with van der Waals surface area (Å²) in [6.07, 6.45) is 0.895. The zero-order valence-electron chi connectivity index (χ0n) is 12.6. The first-order chi connectivity index (χ1) is 10.2. The molecule has 0 radical (unpaired) electrons. The molecule has 0 aliphatic rings. The Hall–Kier alpha value is -2.12. The molecule has 0 aliphatic carbocycles. The second kappa shape index (κ2) is 7.61. The molecule has 1 N–H and O–H groups in total. The lowest BCUT2D eigenvalue weighted by molar-refractivity contribution is 0.110. The van der Waals surface area contributed by atoms with Crippen LogP contribution in [0.25, 0.3) is 10.9 Å². The van der Waals surface area contributed by atoms with E-state index in [1.165, 1.54) is 0 Å². The molecular formula is C17H21N3O. The molecule has 0 saturated heterocycles. The van der Waals surface area contributed by atoms with Gasteiger partial charge in [0.05, 0.1) is 11.1 Å². The van der Waals surface area contributed by atoms with Crippen LogP contribution in [-0.2, 0) is 4.74 Å². The topological polar surface area (TPSA) is 57.9 Å². The van der Waals surface area contributed by atoms with Crippen molar-refractivity contribution in [1.29, 1.82) is 5.26 Å². The summed E-state index contributed by atoms with van der Waals surface area (Å²) >= 11 is 0. The van der Waals surface area contributed by atoms with Crippen LogP contribution in [0.5, 0.6) is 0 Å². The quantitative estimate of drug-likeness (QED) is 0.789. The van der Waals surface area contributed by atoms with Gasteiger partial charge in [-0.25, -0.2) is 4.98 Å². The lowest BCUT2D eigenvalue weighted by Crippen LogP contribution is -2.10. The number of rotatable bonds is 7. The van der Waals surface area contributed by atoms with Gasteiger partial charge in [-0.2, -0.15) is 5.26 Å². The molecule has 21 heavy (non-hydrogen) atoms. The highest BCUT2D eigenvalue weighted by atomic mass is 16.5. The second-order valence-electron chi connectivity index (χ2n) is 5.44. The van der Waals surface area contributed by atoms with Crippen molar-refractivity contribution in [1.82, 2.24) is 4.98 Å². The van der Waals surface area contributed by atoms with Crippen LogP contribution in [0.15, 0.2) is 30.3 Å². The fraction of sp³-hybridized carbons (Fsp3) is 0.412. The Morgan fingerprint density at radius 1 is 1.33 bits per heavy atom. The van der Waals surface area contributed by atoms with Crippen molar-refractivity contribution in [2.24, 2.45) is 5.92 Å². The smallest absolute Gasteiger partial charge is 0.144 e. The molecular weight excluding hydrogens is 262 g/mol. The maximum absolute atomic E-state index is 9.23. The Bertz CT molecular complexity index is 631. The van der Waals surface area contributed by atoms with E-state index in [0.717, 1.165) is 37.1 Å². The highest BCUT2D eigenvalue weighted by molar-refractivity contribution is 5.82. The molecule has 2 aromatic rings. The molecule has 2 rings (SSSR count). The van der Waals surface area contributed by atoms with Gasteiger partial charge in [0.15, 0.2) is 0 Å². The van der Waals surface area contributed by atoms with E-state index in [0.29, 0.717) is 17.3 Å². The Morgan fingerprint density at radius 3 is 2.90 bits per heavy atom. The van der Waals surface area contributed by atoms with E-state index < -0.39 is 0 Å². The van der Waals surface area contributed by atoms with E-state index in [1.807, 2.05) is 30.3 Å². The number of hydrogen-bond donors (Lipinski definition) is 1. The van der Waals surface area contributed by atoms with E-state index in [-0.39, 0.29) is 0 Å². The predicted molar refractivity (Wildman–Crippen MR) is 85.2 cm³/mol. The summed E-state index contributed by atoms with van der Waals surface area (Å²) in [5.74, 6) is 1.21. The van der Waals surface area contributed by atoms with Gasteiger partial charge >= 0.3 is 0 Å². The zero-order valence-corrected chi connectivity index (χ0v) is 12.6. The molecule has 0 aliphatic heterocycles. The summed E-state index contributed by atoms with van der Waals surface area (Å²) in [5.41, 5.74) is 1.48. The summed E-state index contributed by atoms with van der Waals surface area (Å²) < 4.78 is 5.53. The average Bonchev–Trinajstić information content (AvgIpc) is 2.49. The number of para-hydroxylation sites is 1. The molecule has 110 valence electrons. The third kappa shape index (κ3) is 4.44. The average molecular weight is 283 g/mol. The first-order valence-corrected chi connectivity index (χ1v) is 7.32. The minimum absolute atomic E-state index is 0.560. The normalized spacial score (nSPS) is 10.8. The third-order valence-electron chi connectivity index (χ3n) is 3.05. The van der Waals surface area contributed by atoms with Crippen molar-refractivity contribution < 1.29 is 4.74 Å². The molecule has 0 fully saturated rings. The number of aromatic nitrogens is 1. The van der Waals surface area contributed by atoms with E-state index in [9.17, 15) is 5.26 Å². The fourth-order valence-electron chi connectivity index (χ4n) is 2.04. The molecule has 0 amide bonds. The lowest BCUT2D eigenvalue weighted by atomic mass is 10.1. The van der Waals surface area contributed by atoms with Crippen LogP contribution in [0.4, 0.5) is 5.82 Å². The summed E-state index contributed by atoms with van der Waals surface area (Å²) in [5, 5.41) is 13.4. The highest BCUT2D eigenvalue weighted by Gasteiger charge is 2.05. The Labute approximate surface area is 125 Å². The number of ether oxygens (including phenoxy) is 1. The molecule has 0 atom stereocenters. The number of pyridine rings is 1. The molecule has 0 saturated carbocycles. The number of benzene rings is 1. The van der Waals surface area contributed by atoms with Crippen molar-refractivity contribution >= 4 is 16.7 Å². The Balaban J connectivity index is 1.93. The van der Waals surface area contributed by atoms with Crippen LogP contribution in [0.3, 0.4) is 0 Å². The minimum atomic E-state index is 0.560. The Morgan fingerprint density at radius 2 is 2.14 bits per heavy atom. The molecule has 1 heterocycles. The summed E-state index contributed by atoms with van der Waals surface area (Å²) in [4.78, 5) is 4.52. The van der Waals surface area contributed by atoms with E-state index in [4.69, 9.17) is 4.74 Å². The number of anilines is 1. The first-order valence-electron chi connectivity index (χ1n) is 7.32. The molecule has 0 spiro atoms. The first kappa shape index (κ1) is 15.3. The van der Waals surface area contributed by atoms with Crippen LogP contribution in [0.1, 0.15) is 25.8 Å². The van der Waals surface area contributed by atoms with Crippen molar-refractivity contribution in [3.05, 3.63) is 35.9 Å². The maximum Gasteiger partial charge on any atom is 0.144 e. The van der Waals surface area contributed by atoms with Gasteiger partial charge in [0.1, 0.15) is 11.9 Å². The molecule has 0 bridgehead atoms. The predicted octanol–water partition coefficient (Wildman–Crippen LogP) is 3.58. The highest BCUT2D eigenvalue weighted by Crippen LogP contribution is 2.19. The molecule has 0 unspecified atom stereocenters. The van der Waals surface area contributed by atoms with Gasteiger partial charge in [0, 0.05) is 25.1 Å². The van der Waals surface area contributed by atoms with E-state index in [2.05, 4.69) is 30.2 Å². The molecule has 1 aromatic carbocycles. The van der Waals surface area contributed by atoms with Crippen LogP contribution < -0.4 is 5.32 Å². The number of fused-ring (bicyclic) bond motifs is 1. The number of nitrogens with one attached hydrogen (secondary N) is 1. The van der Waals surface area contributed by atoms with Crippen LogP contribution in [0.2, 0.25) is 0 Å². The number of nitriles is 1. The van der Waals surface area contributed by atoms with Crippen LogP contribution in [0, 0.1) is 17.2 Å². The maximum atomic E-state index is 9.23. The van der Waals surface area contributed by atoms with Crippen molar-refractivity contribution in [2.45, 2.75) is 20.3 Å².